The first kappa shape index (κ1) is 14.0. The van der Waals surface area contributed by atoms with Crippen LogP contribution in [0, 0.1) is 13.8 Å². The minimum atomic E-state index is -0.261. The van der Waals surface area contributed by atoms with E-state index in [1.54, 1.807) is 24.4 Å². The summed E-state index contributed by atoms with van der Waals surface area (Å²) in [5.41, 5.74) is 2.32. The molecular formula is C14H12BrClN2O. The molecule has 2 aromatic rings. The highest BCUT2D eigenvalue weighted by Crippen LogP contribution is 2.22. The van der Waals surface area contributed by atoms with Crippen LogP contribution >= 0.6 is 27.5 Å². The number of aryl methyl sites for hydroxylation is 2. The van der Waals surface area contributed by atoms with Crippen molar-refractivity contribution < 1.29 is 4.79 Å². The van der Waals surface area contributed by atoms with E-state index in [2.05, 4.69) is 26.2 Å². The number of hydrogen-bond acceptors (Lipinski definition) is 2. The highest BCUT2D eigenvalue weighted by atomic mass is 79.9. The Morgan fingerprint density at radius 1 is 1.32 bits per heavy atom. The van der Waals surface area contributed by atoms with Gasteiger partial charge in [0.2, 0.25) is 0 Å². The van der Waals surface area contributed by atoms with Gasteiger partial charge in [0.1, 0.15) is 5.82 Å². The van der Waals surface area contributed by atoms with Gasteiger partial charge in [-0.15, -0.1) is 0 Å². The summed E-state index contributed by atoms with van der Waals surface area (Å²) in [5.74, 6) is 0.242. The highest BCUT2D eigenvalue weighted by molar-refractivity contribution is 9.10. The molecule has 1 aromatic heterocycles. The topological polar surface area (TPSA) is 42.0 Å². The average molecular weight is 340 g/mol. The Morgan fingerprint density at radius 3 is 2.74 bits per heavy atom. The number of aromatic nitrogens is 1. The van der Waals surface area contributed by atoms with E-state index in [-0.39, 0.29) is 5.91 Å². The van der Waals surface area contributed by atoms with Gasteiger partial charge in [0.15, 0.2) is 0 Å². The van der Waals surface area contributed by atoms with Crippen LogP contribution in [0.1, 0.15) is 21.5 Å². The molecule has 0 saturated heterocycles. The Bertz CT molecular complexity index is 643. The van der Waals surface area contributed by atoms with Gasteiger partial charge in [0.25, 0.3) is 5.91 Å². The Morgan fingerprint density at radius 2 is 2.05 bits per heavy atom. The van der Waals surface area contributed by atoms with Crippen molar-refractivity contribution in [1.82, 2.24) is 4.98 Å². The lowest BCUT2D eigenvalue weighted by Gasteiger charge is -2.08. The monoisotopic (exact) mass is 338 g/mol. The van der Waals surface area contributed by atoms with E-state index >= 15 is 0 Å². The number of benzene rings is 1. The van der Waals surface area contributed by atoms with E-state index in [0.29, 0.717) is 16.4 Å². The van der Waals surface area contributed by atoms with E-state index in [9.17, 15) is 4.79 Å². The van der Waals surface area contributed by atoms with Gasteiger partial charge in [0, 0.05) is 10.7 Å². The molecule has 0 aliphatic heterocycles. The third-order valence-corrected chi connectivity index (χ3v) is 4.06. The van der Waals surface area contributed by atoms with Crippen molar-refractivity contribution in [1.29, 1.82) is 0 Å². The van der Waals surface area contributed by atoms with Crippen LogP contribution in [0.25, 0.3) is 0 Å². The second-order valence-corrected chi connectivity index (χ2v) is 5.44. The molecular weight excluding hydrogens is 328 g/mol. The molecule has 0 aliphatic carbocycles. The number of anilines is 1. The van der Waals surface area contributed by atoms with Crippen molar-refractivity contribution in [2.75, 3.05) is 5.32 Å². The summed E-state index contributed by atoms with van der Waals surface area (Å²) in [5, 5.41) is 3.21. The van der Waals surface area contributed by atoms with Crippen LogP contribution in [-0.4, -0.2) is 10.9 Å². The van der Waals surface area contributed by atoms with Crippen LogP contribution in [0.3, 0.4) is 0 Å². The van der Waals surface area contributed by atoms with Crippen molar-refractivity contribution >= 4 is 39.3 Å². The smallest absolute Gasteiger partial charge is 0.258 e. The lowest BCUT2D eigenvalue weighted by molar-refractivity contribution is 0.102. The number of pyridine rings is 1. The molecule has 0 fully saturated rings. The predicted octanol–water partition coefficient (Wildman–Crippen LogP) is 4.37. The fourth-order valence-electron chi connectivity index (χ4n) is 1.61. The molecule has 1 heterocycles. The number of carbonyl (C=O) groups excluding carboxylic acids is 1. The van der Waals surface area contributed by atoms with Crippen molar-refractivity contribution in [2.45, 2.75) is 13.8 Å². The molecule has 1 N–H and O–H groups in total. The summed E-state index contributed by atoms with van der Waals surface area (Å²) in [7, 11) is 0. The van der Waals surface area contributed by atoms with Crippen molar-refractivity contribution in [3.05, 3.63) is 56.6 Å². The number of hydrogen-bond donors (Lipinski definition) is 1. The second kappa shape index (κ2) is 5.72. The summed E-state index contributed by atoms with van der Waals surface area (Å²) < 4.78 is 0.902. The van der Waals surface area contributed by atoms with Crippen LogP contribution in [0.15, 0.2) is 34.9 Å². The van der Waals surface area contributed by atoms with Crippen LogP contribution in [0.4, 0.5) is 5.82 Å². The van der Waals surface area contributed by atoms with Crippen LogP contribution < -0.4 is 5.32 Å². The number of nitrogens with one attached hydrogen (secondary N) is 1. The first-order valence-corrected chi connectivity index (χ1v) is 6.84. The normalized spacial score (nSPS) is 10.3. The van der Waals surface area contributed by atoms with Crippen LogP contribution in [0.5, 0.6) is 0 Å². The molecule has 1 amide bonds. The molecule has 0 bridgehead atoms. The van der Waals surface area contributed by atoms with Crippen molar-refractivity contribution in [2.24, 2.45) is 0 Å². The number of nitrogens with zero attached hydrogens (tertiary/aromatic N) is 1. The van der Waals surface area contributed by atoms with Gasteiger partial charge in [-0.05, 0) is 53.0 Å². The Hall–Kier alpha value is -1.39. The summed E-state index contributed by atoms with van der Waals surface area (Å²) in [4.78, 5) is 16.3. The summed E-state index contributed by atoms with van der Waals surface area (Å²) in [6, 6.07) is 7.15. The lowest BCUT2D eigenvalue weighted by Crippen LogP contribution is -2.14. The zero-order chi connectivity index (χ0) is 14.0. The summed E-state index contributed by atoms with van der Waals surface area (Å²) in [6.07, 6.45) is 1.66. The van der Waals surface area contributed by atoms with E-state index in [4.69, 9.17) is 11.6 Å². The molecule has 5 heteroatoms. The maximum absolute atomic E-state index is 12.1. The minimum absolute atomic E-state index is 0.261. The fourth-order valence-corrected chi connectivity index (χ4v) is 2.04. The first-order chi connectivity index (χ1) is 8.99. The van der Waals surface area contributed by atoms with E-state index < -0.39 is 0 Å². The molecule has 98 valence electrons. The number of rotatable bonds is 2. The second-order valence-electron chi connectivity index (χ2n) is 4.21. The number of carbonyl (C=O) groups is 1. The molecule has 19 heavy (non-hydrogen) atoms. The largest absolute Gasteiger partial charge is 0.307 e. The third-order valence-electron chi connectivity index (χ3n) is 2.72. The molecule has 1 aromatic carbocycles. The molecule has 3 nitrogen and oxygen atoms in total. The molecule has 0 atom stereocenters. The maximum Gasteiger partial charge on any atom is 0.258 e. The van der Waals surface area contributed by atoms with Crippen molar-refractivity contribution in [3.8, 4) is 0 Å². The van der Waals surface area contributed by atoms with E-state index in [1.165, 1.54) is 0 Å². The highest BCUT2D eigenvalue weighted by Gasteiger charge is 2.12. The van der Waals surface area contributed by atoms with Gasteiger partial charge in [-0.3, -0.25) is 4.79 Å². The van der Waals surface area contributed by atoms with E-state index in [1.807, 2.05) is 19.9 Å². The minimum Gasteiger partial charge on any atom is -0.307 e. The molecule has 0 unspecified atom stereocenters. The lowest BCUT2D eigenvalue weighted by atomic mass is 10.1. The Kier molecular flexibility index (Phi) is 4.22. The van der Waals surface area contributed by atoms with Crippen molar-refractivity contribution in [3.63, 3.8) is 0 Å². The molecule has 0 saturated carbocycles. The summed E-state index contributed by atoms with van der Waals surface area (Å²) in [6.45, 7) is 3.79. The Labute approximate surface area is 125 Å². The Balaban J connectivity index is 2.26. The molecule has 0 aliphatic rings. The van der Waals surface area contributed by atoms with Gasteiger partial charge >= 0.3 is 0 Å². The van der Waals surface area contributed by atoms with Crippen LogP contribution in [-0.2, 0) is 0 Å². The average Bonchev–Trinajstić information content (AvgIpc) is 2.37. The third kappa shape index (κ3) is 3.14. The van der Waals surface area contributed by atoms with Crippen LogP contribution in [0.2, 0.25) is 5.02 Å². The number of amides is 1. The quantitative estimate of drug-likeness (QED) is 0.883. The van der Waals surface area contributed by atoms with Gasteiger partial charge in [-0.1, -0.05) is 23.7 Å². The predicted molar refractivity (Wildman–Crippen MR) is 80.8 cm³/mol. The van der Waals surface area contributed by atoms with Gasteiger partial charge < -0.3 is 5.32 Å². The van der Waals surface area contributed by atoms with Gasteiger partial charge in [-0.2, -0.15) is 0 Å². The molecule has 2 rings (SSSR count). The SMILES string of the molecule is Cc1cc(NC(=O)c2cccc(C)c2Cl)ncc1Br. The van der Waals surface area contributed by atoms with E-state index in [0.717, 1.165) is 15.6 Å². The van der Waals surface area contributed by atoms with Gasteiger partial charge in [0.05, 0.1) is 10.6 Å². The zero-order valence-corrected chi connectivity index (χ0v) is 12.8. The number of halogens is 2. The summed E-state index contributed by atoms with van der Waals surface area (Å²) >= 11 is 9.49. The standard InChI is InChI=1S/C14H12BrClN2O/c1-8-4-3-5-10(13(8)16)14(19)18-12-6-9(2)11(15)7-17-12/h3-7H,1-2H3,(H,17,18,19). The zero-order valence-electron chi connectivity index (χ0n) is 10.5. The maximum atomic E-state index is 12.1. The molecule has 0 spiro atoms. The van der Waals surface area contributed by atoms with Gasteiger partial charge in [-0.25, -0.2) is 4.98 Å². The first-order valence-electron chi connectivity index (χ1n) is 5.67. The molecule has 0 radical (unpaired) electrons. The fraction of sp³-hybridized carbons (Fsp3) is 0.143.